The van der Waals surface area contributed by atoms with E-state index in [0.717, 1.165) is 11.0 Å². The minimum Gasteiger partial charge on any atom is -0.378 e. The van der Waals surface area contributed by atoms with Crippen LogP contribution in [-0.2, 0) is 0 Å². The standard InChI is InChI=1S/C20H20N3S/c1-22(2)15-6-5-13-10-18-19(11-14(13)9-15)24-20-12-16(23(3)4)7-8-17(20)21-18/h5-12H,1-4H3/q+1. The van der Waals surface area contributed by atoms with Gasteiger partial charge in [0.25, 0.3) is 0 Å². The smallest absolute Gasteiger partial charge is 0.200 e. The molecule has 1 heterocycles. The molecule has 0 saturated heterocycles. The Labute approximate surface area is 145 Å². The molecule has 1 aromatic heterocycles. The van der Waals surface area contributed by atoms with Crippen molar-refractivity contribution in [1.82, 2.24) is 9.56 Å². The van der Waals surface area contributed by atoms with Gasteiger partial charge in [0.1, 0.15) is 14.1 Å². The lowest BCUT2D eigenvalue weighted by Crippen LogP contribution is -2.20. The number of fused-ring (bicyclic) bond motifs is 3. The van der Waals surface area contributed by atoms with Gasteiger partial charge in [0.2, 0.25) is 0 Å². The minimum atomic E-state index is 1.06. The van der Waals surface area contributed by atoms with Crippen molar-refractivity contribution in [2.45, 2.75) is 0 Å². The molecule has 0 saturated carbocycles. The van der Waals surface area contributed by atoms with Crippen LogP contribution < -0.4 is 14.8 Å². The van der Waals surface area contributed by atoms with Gasteiger partial charge in [-0.25, -0.2) is 9.56 Å². The maximum Gasteiger partial charge on any atom is 0.200 e. The van der Waals surface area contributed by atoms with Crippen molar-refractivity contribution in [1.29, 1.82) is 0 Å². The van der Waals surface area contributed by atoms with E-state index in [-0.39, 0.29) is 0 Å². The molecule has 3 aromatic carbocycles. The molecule has 24 heavy (non-hydrogen) atoms. The van der Waals surface area contributed by atoms with Gasteiger partial charge in [-0.3, -0.25) is 0 Å². The van der Waals surface area contributed by atoms with E-state index >= 15 is 0 Å². The Balaban J connectivity index is 2.03. The van der Waals surface area contributed by atoms with E-state index in [1.807, 2.05) is 11.3 Å². The molecule has 4 rings (SSSR count). The fourth-order valence-corrected chi connectivity index (χ4v) is 3.93. The van der Waals surface area contributed by atoms with E-state index in [1.54, 1.807) is 0 Å². The van der Waals surface area contributed by atoms with Gasteiger partial charge in [-0.2, -0.15) is 0 Å². The number of hydrogen-bond acceptors (Lipinski definition) is 3. The normalized spacial score (nSPS) is 11.3. The summed E-state index contributed by atoms with van der Waals surface area (Å²) in [7, 11) is 8.28. The van der Waals surface area contributed by atoms with E-state index in [1.165, 1.54) is 31.2 Å². The zero-order valence-corrected chi connectivity index (χ0v) is 15.2. The molecule has 120 valence electrons. The quantitative estimate of drug-likeness (QED) is 0.390. The summed E-state index contributed by atoms with van der Waals surface area (Å²) in [5.41, 5.74) is 3.33. The van der Waals surface area contributed by atoms with Crippen molar-refractivity contribution in [2.24, 2.45) is 0 Å². The molecule has 0 N–H and O–H groups in total. The van der Waals surface area contributed by atoms with E-state index < -0.39 is 0 Å². The Bertz CT molecular complexity index is 1150. The SMILES string of the molecule is CN(C)c1ccc2nc3cc4ccc(=[N+](C)C)cc4cc3sc2c1. The first kappa shape index (κ1) is 15.1. The van der Waals surface area contributed by atoms with Gasteiger partial charge in [0.15, 0.2) is 5.36 Å². The van der Waals surface area contributed by atoms with Crippen LogP contribution in [0.1, 0.15) is 0 Å². The molecule has 0 aliphatic carbocycles. The Morgan fingerprint density at radius 2 is 1.62 bits per heavy atom. The lowest BCUT2D eigenvalue weighted by molar-refractivity contribution is 0.815. The summed E-state index contributed by atoms with van der Waals surface area (Å²) >= 11 is 1.81. The predicted molar refractivity (Wildman–Crippen MR) is 106 cm³/mol. The third-order valence-corrected chi connectivity index (χ3v) is 5.43. The van der Waals surface area contributed by atoms with Crippen LogP contribution in [-0.4, -0.2) is 33.2 Å². The monoisotopic (exact) mass is 334 g/mol. The summed E-state index contributed by atoms with van der Waals surface area (Å²) in [4.78, 5) is 6.99. The van der Waals surface area contributed by atoms with E-state index in [0.29, 0.717) is 0 Å². The third-order valence-electron chi connectivity index (χ3n) is 4.34. The maximum absolute atomic E-state index is 4.87. The average Bonchev–Trinajstić information content (AvgIpc) is 2.56. The fraction of sp³-hybridized carbons (Fsp3) is 0.200. The van der Waals surface area contributed by atoms with Crippen LogP contribution in [0, 0.1) is 0 Å². The predicted octanol–water partition coefficient (Wildman–Crippen LogP) is 3.70. The molecule has 3 nitrogen and oxygen atoms in total. The molecule has 0 unspecified atom stereocenters. The number of nitrogens with zero attached hydrogens (tertiary/aromatic N) is 3. The van der Waals surface area contributed by atoms with Gasteiger partial charge in [-0.1, -0.05) is 0 Å². The number of hydrogen-bond donors (Lipinski definition) is 0. The number of rotatable bonds is 1. The Morgan fingerprint density at radius 3 is 2.38 bits per heavy atom. The van der Waals surface area contributed by atoms with Gasteiger partial charge in [-0.15, -0.1) is 11.3 Å². The first-order chi connectivity index (χ1) is 11.5. The van der Waals surface area contributed by atoms with Gasteiger partial charge in [-0.05, 0) is 47.2 Å². The highest BCUT2D eigenvalue weighted by Gasteiger charge is 2.06. The highest BCUT2D eigenvalue weighted by atomic mass is 32.1. The van der Waals surface area contributed by atoms with Gasteiger partial charge in [0.05, 0.1) is 20.4 Å². The molecule has 0 atom stereocenters. The van der Waals surface area contributed by atoms with Crippen molar-refractivity contribution in [3.8, 4) is 0 Å². The van der Waals surface area contributed by atoms with Crippen LogP contribution in [0.25, 0.3) is 31.2 Å². The average molecular weight is 334 g/mol. The van der Waals surface area contributed by atoms with E-state index in [2.05, 4.69) is 86.2 Å². The third kappa shape index (κ3) is 2.53. The molecule has 0 spiro atoms. The van der Waals surface area contributed by atoms with Gasteiger partial charge < -0.3 is 4.90 Å². The van der Waals surface area contributed by atoms with Crippen molar-refractivity contribution in [3.63, 3.8) is 0 Å². The molecular weight excluding hydrogens is 314 g/mol. The summed E-state index contributed by atoms with van der Waals surface area (Å²) in [6.45, 7) is 0. The van der Waals surface area contributed by atoms with Crippen molar-refractivity contribution in [3.05, 3.63) is 53.9 Å². The van der Waals surface area contributed by atoms with Crippen LogP contribution in [0.3, 0.4) is 0 Å². The van der Waals surface area contributed by atoms with Crippen molar-refractivity contribution < 1.29 is 0 Å². The Hall–Kier alpha value is -2.46. The molecule has 4 heteroatoms. The second-order valence-electron chi connectivity index (χ2n) is 6.51. The molecular formula is C20H20N3S+. The molecule has 4 aromatic rings. The number of benzene rings is 3. The molecule has 0 bridgehead atoms. The van der Waals surface area contributed by atoms with Gasteiger partial charge >= 0.3 is 0 Å². The molecule has 0 amide bonds. The number of aromatic nitrogens is 1. The lowest BCUT2D eigenvalue weighted by Gasteiger charge is -2.12. The summed E-state index contributed by atoms with van der Waals surface area (Å²) in [5, 5.41) is 3.71. The largest absolute Gasteiger partial charge is 0.378 e. The zero-order valence-electron chi connectivity index (χ0n) is 14.4. The topological polar surface area (TPSA) is 19.1 Å². The molecule has 0 aliphatic heterocycles. The molecule has 0 fully saturated rings. The maximum atomic E-state index is 4.87. The lowest BCUT2D eigenvalue weighted by atomic mass is 10.1. The second kappa shape index (κ2) is 5.56. The van der Waals surface area contributed by atoms with Crippen LogP contribution in [0.5, 0.6) is 0 Å². The molecule has 0 aliphatic rings. The fourth-order valence-electron chi connectivity index (χ4n) is 2.90. The highest BCUT2D eigenvalue weighted by Crippen LogP contribution is 2.30. The van der Waals surface area contributed by atoms with Crippen LogP contribution in [0.2, 0.25) is 0 Å². The highest BCUT2D eigenvalue weighted by molar-refractivity contribution is 7.24. The first-order valence-corrected chi connectivity index (χ1v) is 8.79. The minimum absolute atomic E-state index is 1.06. The molecule has 0 radical (unpaired) electrons. The van der Waals surface area contributed by atoms with Gasteiger partial charge in [0, 0.05) is 31.9 Å². The Kier molecular flexibility index (Phi) is 3.50. The number of anilines is 1. The second-order valence-corrected chi connectivity index (χ2v) is 7.59. The summed E-state index contributed by atoms with van der Waals surface area (Å²) in [6.07, 6.45) is 0. The Morgan fingerprint density at radius 1 is 0.833 bits per heavy atom. The zero-order chi connectivity index (χ0) is 16.8. The summed E-state index contributed by atoms with van der Waals surface area (Å²) in [6, 6.07) is 17.5. The van der Waals surface area contributed by atoms with Crippen LogP contribution >= 0.6 is 11.3 Å². The summed E-state index contributed by atoms with van der Waals surface area (Å²) < 4.78 is 4.58. The van der Waals surface area contributed by atoms with Crippen LogP contribution in [0.4, 0.5) is 5.69 Å². The summed E-state index contributed by atoms with van der Waals surface area (Å²) in [5.74, 6) is 0. The van der Waals surface area contributed by atoms with E-state index in [4.69, 9.17) is 4.98 Å². The first-order valence-electron chi connectivity index (χ1n) is 7.97. The van der Waals surface area contributed by atoms with E-state index in [9.17, 15) is 0 Å². The van der Waals surface area contributed by atoms with Crippen LogP contribution in [0.15, 0.2) is 48.5 Å². The van der Waals surface area contributed by atoms with Crippen molar-refractivity contribution in [2.75, 3.05) is 33.1 Å². The van der Waals surface area contributed by atoms with Crippen molar-refractivity contribution >= 4 is 48.2 Å².